The van der Waals surface area contributed by atoms with Gasteiger partial charge in [0.2, 0.25) is 5.91 Å². The van der Waals surface area contributed by atoms with Crippen LogP contribution in [0.25, 0.3) is 0 Å². The third kappa shape index (κ3) is 9.13. The lowest BCUT2D eigenvalue weighted by Crippen LogP contribution is -2.26. The number of ketones is 2. The number of carbonyl (C=O) groups is 3. The average molecular weight is 516 g/mol. The third-order valence-corrected chi connectivity index (χ3v) is 6.85. The van der Waals surface area contributed by atoms with Crippen LogP contribution >= 0.6 is 0 Å². The molecule has 0 saturated carbocycles. The van der Waals surface area contributed by atoms with Crippen LogP contribution in [0.4, 0.5) is 5.69 Å². The second-order valence-electron chi connectivity index (χ2n) is 9.78. The molecular formula is C29H41NO7. The number of phenolic OH excluding ortho intramolecular Hbond substituents is 1. The van der Waals surface area contributed by atoms with E-state index >= 15 is 0 Å². The fourth-order valence-electron chi connectivity index (χ4n) is 4.60. The number of amides is 1. The minimum absolute atomic E-state index is 0.0587. The molecule has 1 aliphatic rings. The first-order valence-electron chi connectivity index (χ1n) is 13.1. The summed E-state index contributed by atoms with van der Waals surface area (Å²) in [4.78, 5) is 38.9. The molecule has 1 aromatic carbocycles. The molecule has 1 aromatic rings. The van der Waals surface area contributed by atoms with E-state index in [1.807, 2.05) is 13.8 Å². The summed E-state index contributed by atoms with van der Waals surface area (Å²) < 4.78 is 5.46. The summed E-state index contributed by atoms with van der Waals surface area (Å²) in [7, 11) is 1.48. The largest absolute Gasteiger partial charge is 0.512 e. The fourth-order valence-corrected chi connectivity index (χ4v) is 4.60. The number of nitrogens with one attached hydrogen (secondary N) is 1. The summed E-state index contributed by atoms with van der Waals surface area (Å²) in [5, 5.41) is 34.2. The zero-order chi connectivity index (χ0) is 27.5. The van der Waals surface area contributed by atoms with Gasteiger partial charge in [-0.1, -0.05) is 32.8 Å². The van der Waals surface area contributed by atoms with Crippen LogP contribution in [-0.2, 0) is 19.1 Å². The highest BCUT2D eigenvalue weighted by molar-refractivity contribution is 6.00. The molecule has 0 aliphatic carbocycles. The van der Waals surface area contributed by atoms with Crippen LogP contribution < -0.4 is 5.32 Å². The van der Waals surface area contributed by atoms with Crippen molar-refractivity contribution in [3.05, 3.63) is 47.2 Å². The zero-order valence-electron chi connectivity index (χ0n) is 22.3. The Labute approximate surface area is 219 Å². The van der Waals surface area contributed by atoms with Crippen molar-refractivity contribution in [2.24, 2.45) is 11.8 Å². The number of hydrogen-bond acceptors (Lipinski definition) is 7. The van der Waals surface area contributed by atoms with E-state index in [0.29, 0.717) is 37.7 Å². The Morgan fingerprint density at radius 2 is 1.81 bits per heavy atom. The minimum Gasteiger partial charge on any atom is -0.512 e. The standard InChI is InChI=1S/C29H41NO7/c1-5-7-9-20-12-18(3)28(35)27(37-4)11-8-10-19(6-2)25(33)16-24(32)17-26(34)21-13-22(30-29(20)36)15-23(31)14-21/h12-16,19-20,26-27,31,33-34H,5-11,17H2,1-4H3,(H,30,36)/b18-12+,25-16+/t19?,20-,26-,27?/m0/s1. The quantitative estimate of drug-likeness (QED) is 0.417. The van der Waals surface area contributed by atoms with Crippen LogP contribution in [0.15, 0.2) is 41.7 Å². The van der Waals surface area contributed by atoms with Gasteiger partial charge in [-0.15, -0.1) is 0 Å². The number of carbonyl (C=O) groups excluding carboxylic acids is 3. The van der Waals surface area contributed by atoms with Crippen LogP contribution in [-0.4, -0.2) is 46.0 Å². The summed E-state index contributed by atoms with van der Waals surface area (Å²) in [5.74, 6) is -2.07. The van der Waals surface area contributed by atoms with Gasteiger partial charge in [0.25, 0.3) is 0 Å². The predicted molar refractivity (Wildman–Crippen MR) is 142 cm³/mol. The third-order valence-electron chi connectivity index (χ3n) is 6.85. The lowest BCUT2D eigenvalue weighted by Gasteiger charge is -2.19. The number of allylic oxidation sites excluding steroid dienone is 2. The first-order chi connectivity index (χ1) is 17.6. The van der Waals surface area contributed by atoms with Crippen molar-refractivity contribution in [3.8, 4) is 5.75 Å². The van der Waals surface area contributed by atoms with Gasteiger partial charge in [-0.25, -0.2) is 0 Å². The lowest BCUT2D eigenvalue weighted by molar-refractivity contribution is -0.125. The molecule has 204 valence electrons. The average Bonchev–Trinajstić information content (AvgIpc) is 2.84. The minimum atomic E-state index is -1.24. The maximum Gasteiger partial charge on any atom is 0.231 e. The molecule has 1 aliphatic heterocycles. The van der Waals surface area contributed by atoms with E-state index in [2.05, 4.69) is 5.32 Å². The molecule has 8 heteroatoms. The van der Waals surface area contributed by atoms with Gasteiger partial charge in [-0.05, 0) is 62.3 Å². The number of fused-ring (bicyclic) bond motifs is 2. The van der Waals surface area contributed by atoms with Gasteiger partial charge < -0.3 is 25.4 Å². The highest BCUT2D eigenvalue weighted by atomic mass is 16.5. The van der Waals surface area contributed by atoms with Crippen molar-refractivity contribution in [3.63, 3.8) is 0 Å². The Bertz CT molecular complexity index is 1010. The number of Topliss-reactive ketones (excluding diaryl/α,β-unsaturated/α-hetero) is 1. The normalized spacial score (nSPS) is 27.6. The number of anilines is 1. The van der Waals surface area contributed by atoms with Crippen molar-refractivity contribution in [1.29, 1.82) is 0 Å². The second kappa shape index (κ2) is 14.7. The van der Waals surface area contributed by atoms with Crippen LogP contribution in [0.3, 0.4) is 0 Å². The monoisotopic (exact) mass is 515 g/mol. The van der Waals surface area contributed by atoms with Crippen molar-refractivity contribution in [2.75, 3.05) is 12.4 Å². The Kier molecular flexibility index (Phi) is 12.0. The number of aliphatic hydroxyl groups excluding tert-OH is 2. The van der Waals surface area contributed by atoms with E-state index in [0.717, 1.165) is 18.9 Å². The summed E-state index contributed by atoms with van der Waals surface area (Å²) >= 11 is 0. The summed E-state index contributed by atoms with van der Waals surface area (Å²) in [5.41, 5.74) is 0.965. The van der Waals surface area contributed by atoms with E-state index in [1.54, 1.807) is 13.0 Å². The number of phenols is 1. The lowest BCUT2D eigenvalue weighted by atomic mass is 9.92. The Morgan fingerprint density at radius 3 is 2.46 bits per heavy atom. The second-order valence-corrected chi connectivity index (χ2v) is 9.78. The molecule has 2 unspecified atom stereocenters. The molecule has 0 spiro atoms. The number of ether oxygens (including phenoxy) is 1. The molecule has 2 rings (SSSR count). The molecule has 0 saturated heterocycles. The van der Waals surface area contributed by atoms with Gasteiger partial charge in [0.15, 0.2) is 11.6 Å². The number of methoxy groups -OCH3 is 1. The maximum atomic E-state index is 13.2. The SMILES string of the molecule is CCCC[C@H]1/C=C(\C)C(=O)C(OC)CCCC(CC)/C(O)=C\C(=O)C[C@H](O)c2cc(O)cc(c2)NC1=O. The van der Waals surface area contributed by atoms with Gasteiger partial charge in [-0.3, -0.25) is 14.4 Å². The number of rotatable bonds is 5. The first kappa shape index (κ1) is 30.3. The molecule has 1 heterocycles. The Hall–Kier alpha value is -2.97. The smallest absolute Gasteiger partial charge is 0.231 e. The van der Waals surface area contributed by atoms with Crippen molar-refractivity contribution in [1.82, 2.24) is 0 Å². The van der Waals surface area contributed by atoms with E-state index in [1.165, 1.54) is 25.3 Å². The summed E-state index contributed by atoms with van der Waals surface area (Å²) in [6.45, 7) is 5.61. The summed E-state index contributed by atoms with van der Waals surface area (Å²) in [6.07, 6.45) is 5.00. The predicted octanol–water partition coefficient (Wildman–Crippen LogP) is 5.31. The Morgan fingerprint density at radius 1 is 1.08 bits per heavy atom. The maximum absolute atomic E-state index is 13.2. The molecule has 1 amide bonds. The number of hydrogen-bond donors (Lipinski definition) is 4. The van der Waals surface area contributed by atoms with Crippen LogP contribution in [0.1, 0.15) is 83.8 Å². The number of unbranched alkanes of at least 4 members (excludes halogenated alkanes) is 1. The van der Waals surface area contributed by atoms with E-state index in [-0.39, 0.29) is 46.8 Å². The van der Waals surface area contributed by atoms with Crippen LogP contribution in [0.2, 0.25) is 0 Å². The molecule has 8 nitrogen and oxygen atoms in total. The van der Waals surface area contributed by atoms with Crippen molar-refractivity contribution < 1.29 is 34.4 Å². The van der Waals surface area contributed by atoms with Gasteiger partial charge in [-0.2, -0.15) is 0 Å². The molecule has 37 heavy (non-hydrogen) atoms. The highest BCUT2D eigenvalue weighted by Gasteiger charge is 2.24. The molecule has 0 fully saturated rings. The van der Waals surface area contributed by atoms with Gasteiger partial charge in [0, 0.05) is 37.3 Å². The molecule has 2 bridgehead atoms. The first-order valence-corrected chi connectivity index (χ1v) is 13.1. The van der Waals surface area contributed by atoms with Gasteiger partial charge in [0.05, 0.1) is 17.8 Å². The van der Waals surface area contributed by atoms with Crippen molar-refractivity contribution >= 4 is 23.2 Å². The van der Waals surface area contributed by atoms with E-state index in [9.17, 15) is 29.7 Å². The van der Waals surface area contributed by atoms with E-state index < -0.39 is 23.9 Å². The molecule has 0 aromatic heterocycles. The number of aromatic hydroxyl groups is 1. The molecule has 4 atom stereocenters. The zero-order valence-corrected chi connectivity index (χ0v) is 22.3. The van der Waals surface area contributed by atoms with Crippen LogP contribution in [0, 0.1) is 11.8 Å². The van der Waals surface area contributed by atoms with E-state index in [4.69, 9.17) is 4.74 Å². The topological polar surface area (TPSA) is 133 Å². The summed E-state index contributed by atoms with van der Waals surface area (Å²) in [6, 6.07) is 4.19. The van der Waals surface area contributed by atoms with Crippen molar-refractivity contribution in [2.45, 2.75) is 84.3 Å². The van der Waals surface area contributed by atoms with Crippen LogP contribution in [0.5, 0.6) is 5.75 Å². The Balaban J connectivity index is 2.49. The van der Waals surface area contributed by atoms with Gasteiger partial charge >= 0.3 is 0 Å². The fraction of sp³-hybridized carbons (Fsp3) is 0.552. The molecule has 0 radical (unpaired) electrons. The number of benzene rings is 1. The molecule has 4 N–H and O–H groups in total. The highest BCUT2D eigenvalue weighted by Crippen LogP contribution is 2.28. The van der Waals surface area contributed by atoms with Gasteiger partial charge in [0.1, 0.15) is 11.9 Å². The molecular weight excluding hydrogens is 474 g/mol. The number of aliphatic hydroxyl groups is 2.